The highest BCUT2D eigenvalue weighted by Crippen LogP contribution is 2.17. The van der Waals surface area contributed by atoms with Crippen LogP contribution in [0.15, 0.2) is 0 Å². The molecule has 0 spiro atoms. The molecule has 0 aromatic rings. The first-order valence-corrected chi connectivity index (χ1v) is 5.67. The maximum atomic E-state index is 11.4. The third kappa shape index (κ3) is 4.81. The molecule has 0 aromatic heterocycles. The molecular weight excluding hydrogens is 194 g/mol. The van der Waals surface area contributed by atoms with E-state index in [1.54, 1.807) is 6.92 Å². The van der Waals surface area contributed by atoms with E-state index < -0.39 is 5.97 Å². The Bertz CT molecular complexity index is 222. The van der Waals surface area contributed by atoms with Gasteiger partial charge in [-0.25, -0.2) is 0 Å². The molecule has 15 heavy (non-hydrogen) atoms. The number of carbonyl (C=O) groups excluding carboxylic acids is 2. The zero-order valence-electron chi connectivity index (χ0n) is 9.25. The van der Waals surface area contributed by atoms with Crippen molar-refractivity contribution < 1.29 is 14.3 Å². The van der Waals surface area contributed by atoms with Crippen LogP contribution in [0, 0.1) is 0 Å². The van der Waals surface area contributed by atoms with E-state index in [-0.39, 0.29) is 18.4 Å². The second kappa shape index (κ2) is 6.43. The van der Waals surface area contributed by atoms with Crippen LogP contribution in [0.5, 0.6) is 0 Å². The third-order valence-corrected chi connectivity index (χ3v) is 2.58. The molecule has 1 aliphatic carbocycles. The summed E-state index contributed by atoms with van der Waals surface area (Å²) in [5.41, 5.74) is 0. The zero-order valence-corrected chi connectivity index (χ0v) is 9.25. The molecule has 0 unspecified atom stereocenters. The summed E-state index contributed by atoms with van der Waals surface area (Å²) in [6.45, 7) is 2.06. The molecule has 1 rings (SSSR count). The van der Waals surface area contributed by atoms with E-state index >= 15 is 0 Å². The van der Waals surface area contributed by atoms with Crippen molar-refractivity contribution in [2.45, 2.75) is 51.5 Å². The van der Waals surface area contributed by atoms with Crippen LogP contribution < -0.4 is 5.32 Å². The number of amides is 1. The van der Waals surface area contributed by atoms with Gasteiger partial charge in [-0.3, -0.25) is 9.59 Å². The highest BCUT2D eigenvalue weighted by molar-refractivity contribution is 5.94. The van der Waals surface area contributed by atoms with E-state index in [0.717, 1.165) is 12.8 Å². The van der Waals surface area contributed by atoms with Gasteiger partial charge in [0.15, 0.2) is 0 Å². The van der Waals surface area contributed by atoms with Crippen molar-refractivity contribution in [1.29, 1.82) is 0 Å². The fourth-order valence-electron chi connectivity index (χ4n) is 1.87. The van der Waals surface area contributed by atoms with Gasteiger partial charge in [0, 0.05) is 6.04 Å². The number of hydrogen-bond donors (Lipinski definition) is 1. The van der Waals surface area contributed by atoms with E-state index in [1.807, 2.05) is 0 Å². The van der Waals surface area contributed by atoms with Gasteiger partial charge in [-0.15, -0.1) is 0 Å². The molecule has 0 aliphatic heterocycles. The number of ether oxygens (including phenoxy) is 1. The lowest BCUT2D eigenvalue weighted by molar-refractivity contribution is -0.146. The maximum Gasteiger partial charge on any atom is 0.315 e. The lowest BCUT2D eigenvalue weighted by atomic mass is 9.95. The van der Waals surface area contributed by atoms with E-state index in [4.69, 9.17) is 4.74 Å². The topological polar surface area (TPSA) is 55.4 Å². The van der Waals surface area contributed by atoms with Gasteiger partial charge < -0.3 is 10.1 Å². The largest absolute Gasteiger partial charge is 0.466 e. The lowest BCUT2D eigenvalue weighted by Crippen LogP contribution is -2.37. The average molecular weight is 213 g/mol. The molecule has 0 atom stereocenters. The summed E-state index contributed by atoms with van der Waals surface area (Å²) in [5, 5.41) is 2.87. The van der Waals surface area contributed by atoms with Crippen molar-refractivity contribution in [3.63, 3.8) is 0 Å². The van der Waals surface area contributed by atoms with Gasteiger partial charge in [-0.2, -0.15) is 0 Å². The van der Waals surface area contributed by atoms with Gasteiger partial charge in [-0.1, -0.05) is 19.3 Å². The number of hydrogen-bond acceptors (Lipinski definition) is 3. The van der Waals surface area contributed by atoms with Gasteiger partial charge in [0.2, 0.25) is 5.91 Å². The summed E-state index contributed by atoms with van der Waals surface area (Å²) in [4.78, 5) is 22.4. The molecule has 0 radical (unpaired) electrons. The molecule has 0 heterocycles. The van der Waals surface area contributed by atoms with Gasteiger partial charge >= 0.3 is 5.97 Å². The molecule has 1 aliphatic rings. The van der Waals surface area contributed by atoms with Crippen LogP contribution in [-0.4, -0.2) is 24.5 Å². The quantitative estimate of drug-likeness (QED) is 0.567. The van der Waals surface area contributed by atoms with E-state index in [9.17, 15) is 9.59 Å². The van der Waals surface area contributed by atoms with Crippen LogP contribution in [0.4, 0.5) is 0 Å². The van der Waals surface area contributed by atoms with Crippen molar-refractivity contribution in [1.82, 2.24) is 5.32 Å². The fraction of sp³-hybridized carbons (Fsp3) is 0.818. The molecule has 1 saturated carbocycles. The molecule has 0 aromatic carbocycles. The van der Waals surface area contributed by atoms with Gasteiger partial charge in [0.25, 0.3) is 0 Å². The molecular formula is C11H19NO3. The van der Waals surface area contributed by atoms with Crippen LogP contribution in [0.25, 0.3) is 0 Å². The highest BCUT2D eigenvalue weighted by Gasteiger charge is 2.17. The second-order valence-corrected chi connectivity index (χ2v) is 3.88. The number of nitrogens with one attached hydrogen (secondary N) is 1. The molecule has 1 amide bonds. The Morgan fingerprint density at radius 1 is 1.27 bits per heavy atom. The molecule has 1 N–H and O–H groups in total. The Balaban J connectivity index is 2.19. The minimum Gasteiger partial charge on any atom is -0.466 e. The molecule has 0 saturated heterocycles. The predicted molar refractivity (Wildman–Crippen MR) is 56.3 cm³/mol. The SMILES string of the molecule is CCOC(=O)CC(=O)NC1CCCCC1. The Hall–Kier alpha value is -1.06. The monoisotopic (exact) mass is 213 g/mol. The Morgan fingerprint density at radius 2 is 1.93 bits per heavy atom. The van der Waals surface area contributed by atoms with Gasteiger partial charge in [0.05, 0.1) is 6.61 Å². The van der Waals surface area contributed by atoms with Crippen molar-refractivity contribution >= 4 is 11.9 Å². The number of rotatable bonds is 4. The van der Waals surface area contributed by atoms with Crippen molar-refractivity contribution in [3.05, 3.63) is 0 Å². The van der Waals surface area contributed by atoms with Crippen molar-refractivity contribution in [2.24, 2.45) is 0 Å². The molecule has 0 bridgehead atoms. The van der Waals surface area contributed by atoms with Crippen LogP contribution in [0.3, 0.4) is 0 Å². The Labute approximate surface area is 90.4 Å². The van der Waals surface area contributed by atoms with E-state index in [0.29, 0.717) is 6.61 Å². The summed E-state index contributed by atoms with van der Waals surface area (Å²) in [5.74, 6) is -0.647. The van der Waals surface area contributed by atoms with E-state index in [1.165, 1.54) is 19.3 Å². The Morgan fingerprint density at radius 3 is 2.53 bits per heavy atom. The smallest absolute Gasteiger partial charge is 0.315 e. The maximum absolute atomic E-state index is 11.4. The predicted octanol–water partition coefficient (Wildman–Crippen LogP) is 1.39. The standard InChI is InChI=1S/C11H19NO3/c1-2-15-11(14)8-10(13)12-9-6-4-3-5-7-9/h9H,2-8H2,1H3,(H,12,13). The minimum atomic E-state index is -0.439. The summed E-state index contributed by atoms with van der Waals surface area (Å²) in [7, 11) is 0. The second-order valence-electron chi connectivity index (χ2n) is 3.88. The number of carbonyl (C=O) groups is 2. The Kier molecular flexibility index (Phi) is 5.15. The van der Waals surface area contributed by atoms with Gasteiger partial charge in [0.1, 0.15) is 6.42 Å². The summed E-state index contributed by atoms with van der Waals surface area (Å²) >= 11 is 0. The molecule has 4 nitrogen and oxygen atoms in total. The highest BCUT2D eigenvalue weighted by atomic mass is 16.5. The lowest BCUT2D eigenvalue weighted by Gasteiger charge is -2.22. The summed E-state index contributed by atoms with van der Waals surface area (Å²) < 4.78 is 4.70. The summed E-state index contributed by atoms with van der Waals surface area (Å²) in [6.07, 6.45) is 5.52. The first kappa shape index (κ1) is 12.0. The molecule has 1 fully saturated rings. The zero-order chi connectivity index (χ0) is 11.1. The van der Waals surface area contributed by atoms with E-state index in [2.05, 4.69) is 5.32 Å². The van der Waals surface area contributed by atoms with Gasteiger partial charge in [-0.05, 0) is 19.8 Å². The first-order valence-electron chi connectivity index (χ1n) is 5.67. The van der Waals surface area contributed by atoms with Crippen LogP contribution in [-0.2, 0) is 14.3 Å². The molecule has 86 valence electrons. The molecule has 4 heteroatoms. The third-order valence-electron chi connectivity index (χ3n) is 2.58. The minimum absolute atomic E-state index is 0.148. The number of esters is 1. The van der Waals surface area contributed by atoms with Crippen LogP contribution in [0.1, 0.15) is 45.4 Å². The van der Waals surface area contributed by atoms with Crippen LogP contribution in [0.2, 0.25) is 0 Å². The van der Waals surface area contributed by atoms with Crippen molar-refractivity contribution in [3.8, 4) is 0 Å². The summed E-state index contributed by atoms with van der Waals surface area (Å²) in [6, 6.07) is 0.265. The van der Waals surface area contributed by atoms with Crippen molar-refractivity contribution in [2.75, 3.05) is 6.61 Å². The van der Waals surface area contributed by atoms with Crippen LogP contribution >= 0.6 is 0 Å². The fourth-order valence-corrected chi connectivity index (χ4v) is 1.87. The normalized spacial score (nSPS) is 17.1. The average Bonchev–Trinajstić information content (AvgIpc) is 2.19. The first-order chi connectivity index (χ1) is 7.22.